The molecule has 0 aromatic heterocycles. The first-order valence-corrected chi connectivity index (χ1v) is 3.94. The third kappa shape index (κ3) is 3.21. The van der Waals surface area contributed by atoms with E-state index in [-0.39, 0.29) is 12.4 Å². The first-order chi connectivity index (χ1) is 5.22. The summed E-state index contributed by atoms with van der Waals surface area (Å²) < 4.78 is 24.3. The maximum atomic E-state index is 12.2. The summed E-state index contributed by atoms with van der Waals surface area (Å²) in [6, 6.07) is -0.586. The Hall–Kier alpha value is 0.0700. The van der Waals surface area contributed by atoms with Crippen LogP contribution in [-0.4, -0.2) is 43.5 Å². The summed E-state index contributed by atoms with van der Waals surface area (Å²) in [5.41, 5.74) is 0. The van der Waals surface area contributed by atoms with Crippen LogP contribution in [0.4, 0.5) is 8.78 Å². The third-order valence-corrected chi connectivity index (χ3v) is 2.09. The molecule has 2 nitrogen and oxygen atoms in total. The average molecular weight is 201 g/mol. The monoisotopic (exact) mass is 200 g/mol. The molecule has 74 valence electrons. The van der Waals surface area contributed by atoms with E-state index >= 15 is 0 Å². The Morgan fingerprint density at radius 1 is 1.25 bits per heavy atom. The lowest BCUT2D eigenvalue weighted by atomic mass is 10.2. The van der Waals surface area contributed by atoms with Gasteiger partial charge in [-0.15, -0.1) is 12.4 Å². The quantitative estimate of drug-likeness (QED) is 0.715. The van der Waals surface area contributed by atoms with Crippen molar-refractivity contribution in [3.8, 4) is 0 Å². The normalized spacial score (nSPS) is 22.0. The second-order valence-corrected chi connectivity index (χ2v) is 2.86. The number of halogens is 3. The minimum atomic E-state index is -2.21. The second-order valence-electron chi connectivity index (χ2n) is 2.86. The van der Waals surface area contributed by atoms with Crippen LogP contribution in [0.1, 0.15) is 6.92 Å². The first-order valence-electron chi connectivity index (χ1n) is 3.94. The van der Waals surface area contributed by atoms with Gasteiger partial charge in [0.05, 0.1) is 6.04 Å². The molecule has 0 aromatic carbocycles. The molecule has 12 heavy (non-hydrogen) atoms. The van der Waals surface area contributed by atoms with Crippen LogP contribution in [0.5, 0.6) is 0 Å². The highest BCUT2D eigenvalue weighted by Crippen LogP contribution is 2.09. The summed E-state index contributed by atoms with van der Waals surface area (Å²) in [4.78, 5) is 1.82. The van der Waals surface area contributed by atoms with Gasteiger partial charge in [0, 0.05) is 26.2 Å². The van der Waals surface area contributed by atoms with E-state index in [1.54, 1.807) is 6.92 Å². The van der Waals surface area contributed by atoms with E-state index in [0.717, 1.165) is 26.2 Å². The van der Waals surface area contributed by atoms with E-state index < -0.39 is 12.5 Å². The van der Waals surface area contributed by atoms with E-state index in [1.165, 1.54) is 0 Å². The predicted molar refractivity (Wildman–Crippen MR) is 47.2 cm³/mol. The van der Waals surface area contributed by atoms with Crippen LogP contribution in [0, 0.1) is 0 Å². The lowest BCUT2D eigenvalue weighted by Crippen LogP contribution is -2.49. The number of hydrogen-bond donors (Lipinski definition) is 1. The van der Waals surface area contributed by atoms with Crippen LogP contribution < -0.4 is 5.32 Å². The van der Waals surface area contributed by atoms with Crippen LogP contribution in [0.15, 0.2) is 0 Å². The summed E-state index contributed by atoms with van der Waals surface area (Å²) in [5.74, 6) is 0. The number of rotatable bonds is 2. The second kappa shape index (κ2) is 5.67. The molecule has 1 aliphatic heterocycles. The van der Waals surface area contributed by atoms with E-state index in [2.05, 4.69) is 5.32 Å². The summed E-state index contributed by atoms with van der Waals surface area (Å²) >= 11 is 0. The zero-order chi connectivity index (χ0) is 8.27. The largest absolute Gasteiger partial charge is 0.314 e. The van der Waals surface area contributed by atoms with Gasteiger partial charge in [-0.1, -0.05) is 0 Å². The van der Waals surface area contributed by atoms with Crippen molar-refractivity contribution in [2.45, 2.75) is 19.4 Å². The summed E-state index contributed by atoms with van der Waals surface area (Å²) in [7, 11) is 0. The van der Waals surface area contributed by atoms with Gasteiger partial charge >= 0.3 is 0 Å². The molecule has 0 aliphatic carbocycles. The Bertz CT molecular complexity index is 118. The standard InChI is InChI=1S/C7H14F2N2.ClH/c1-6(7(8)9)11-4-2-10-3-5-11;/h6-7,10H,2-5H2,1H3;1H. The molecule has 0 aromatic rings. The van der Waals surface area contributed by atoms with Crippen molar-refractivity contribution in [3.63, 3.8) is 0 Å². The van der Waals surface area contributed by atoms with Crippen molar-refractivity contribution in [1.82, 2.24) is 10.2 Å². The number of hydrogen-bond acceptors (Lipinski definition) is 2. The highest BCUT2D eigenvalue weighted by Gasteiger charge is 2.23. The SMILES string of the molecule is CC(C(F)F)N1CCNCC1.Cl. The molecule has 1 saturated heterocycles. The molecular formula is C7H15ClF2N2. The highest BCUT2D eigenvalue weighted by atomic mass is 35.5. The maximum absolute atomic E-state index is 12.2. The molecule has 1 atom stereocenters. The number of piperazine rings is 1. The molecule has 0 bridgehead atoms. The summed E-state index contributed by atoms with van der Waals surface area (Å²) in [5, 5.41) is 3.12. The van der Waals surface area contributed by atoms with E-state index in [4.69, 9.17) is 0 Å². The molecule has 1 N–H and O–H groups in total. The van der Waals surface area contributed by atoms with Gasteiger partial charge in [0.1, 0.15) is 0 Å². The van der Waals surface area contributed by atoms with Gasteiger partial charge in [-0.3, -0.25) is 4.90 Å². The van der Waals surface area contributed by atoms with Crippen molar-refractivity contribution >= 4 is 12.4 Å². The Balaban J connectivity index is 0.00000121. The molecule has 1 fully saturated rings. The number of nitrogens with zero attached hydrogens (tertiary/aromatic N) is 1. The highest BCUT2D eigenvalue weighted by molar-refractivity contribution is 5.85. The first kappa shape index (κ1) is 12.1. The summed E-state index contributed by atoms with van der Waals surface area (Å²) in [6.07, 6.45) is -2.21. The van der Waals surface area contributed by atoms with Crippen LogP contribution >= 0.6 is 12.4 Å². The van der Waals surface area contributed by atoms with Crippen molar-refractivity contribution in [2.24, 2.45) is 0 Å². The zero-order valence-electron chi connectivity index (χ0n) is 7.09. The van der Waals surface area contributed by atoms with Gasteiger partial charge in [0.15, 0.2) is 0 Å². The van der Waals surface area contributed by atoms with Crippen molar-refractivity contribution in [2.75, 3.05) is 26.2 Å². The van der Waals surface area contributed by atoms with Gasteiger partial charge in [0.25, 0.3) is 6.43 Å². The van der Waals surface area contributed by atoms with Crippen LogP contribution in [0.2, 0.25) is 0 Å². The van der Waals surface area contributed by atoms with Gasteiger partial charge < -0.3 is 5.32 Å². The van der Waals surface area contributed by atoms with Crippen molar-refractivity contribution in [3.05, 3.63) is 0 Å². The molecular weight excluding hydrogens is 186 g/mol. The third-order valence-electron chi connectivity index (χ3n) is 2.09. The minimum absolute atomic E-state index is 0. The minimum Gasteiger partial charge on any atom is -0.314 e. The molecule has 0 amide bonds. The molecule has 0 radical (unpaired) electrons. The fraction of sp³-hybridized carbons (Fsp3) is 1.00. The molecule has 1 rings (SSSR count). The lowest BCUT2D eigenvalue weighted by Gasteiger charge is -2.32. The number of nitrogens with one attached hydrogen (secondary N) is 1. The molecule has 1 aliphatic rings. The fourth-order valence-electron chi connectivity index (χ4n) is 1.25. The van der Waals surface area contributed by atoms with Gasteiger partial charge in [-0.05, 0) is 6.92 Å². The Morgan fingerprint density at radius 2 is 1.75 bits per heavy atom. The zero-order valence-corrected chi connectivity index (χ0v) is 7.91. The van der Waals surface area contributed by atoms with Crippen LogP contribution in [0.25, 0.3) is 0 Å². The fourth-order valence-corrected chi connectivity index (χ4v) is 1.25. The van der Waals surface area contributed by atoms with Gasteiger partial charge in [-0.2, -0.15) is 0 Å². The average Bonchev–Trinajstić information content (AvgIpc) is 2.05. The van der Waals surface area contributed by atoms with Crippen molar-refractivity contribution in [1.29, 1.82) is 0 Å². The Morgan fingerprint density at radius 3 is 2.17 bits per heavy atom. The predicted octanol–water partition coefficient (Wildman–Crippen LogP) is 0.967. The number of alkyl halides is 2. The molecule has 0 saturated carbocycles. The molecule has 0 spiro atoms. The van der Waals surface area contributed by atoms with Crippen LogP contribution in [0.3, 0.4) is 0 Å². The van der Waals surface area contributed by atoms with Gasteiger partial charge in [-0.25, -0.2) is 8.78 Å². The van der Waals surface area contributed by atoms with Crippen molar-refractivity contribution < 1.29 is 8.78 Å². The smallest absolute Gasteiger partial charge is 0.253 e. The summed E-state index contributed by atoms with van der Waals surface area (Å²) in [6.45, 7) is 4.72. The maximum Gasteiger partial charge on any atom is 0.253 e. The van der Waals surface area contributed by atoms with Gasteiger partial charge in [0.2, 0.25) is 0 Å². The topological polar surface area (TPSA) is 15.3 Å². The lowest BCUT2D eigenvalue weighted by molar-refractivity contribution is 0.0289. The van der Waals surface area contributed by atoms with E-state index in [9.17, 15) is 8.78 Å². The molecule has 5 heteroatoms. The molecule has 1 unspecified atom stereocenters. The van der Waals surface area contributed by atoms with E-state index in [1.807, 2.05) is 4.90 Å². The van der Waals surface area contributed by atoms with Crippen LogP contribution in [-0.2, 0) is 0 Å². The Kier molecular flexibility index (Phi) is 5.70. The van der Waals surface area contributed by atoms with E-state index in [0.29, 0.717) is 0 Å². The Labute approximate surface area is 77.7 Å². The molecule has 1 heterocycles.